The molecular formula is C18H23N3O3. The highest BCUT2D eigenvalue weighted by Gasteiger charge is 2.23. The summed E-state index contributed by atoms with van der Waals surface area (Å²) in [5, 5.41) is 3.29. The fourth-order valence-electron chi connectivity index (χ4n) is 2.88. The van der Waals surface area contributed by atoms with E-state index in [1.165, 1.54) is 0 Å². The molecule has 1 fully saturated rings. The number of rotatable bonds is 5. The second-order valence-electron chi connectivity index (χ2n) is 5.99. The monoisotopic (exact) mass is 329 g/mol. The van der Waals surface area contributed by atoms with Crippen LogP contribution in [0.5, 0.6) is 5.75 Å². The van der Waals surface area contributed by atoms with Gasteiger partial charge in [0, 0.05) is 44.1 Å². The quantitative estimate of drug-likeness (QED) is 0.910. The molecule has 0 spiro atoms. The number of piperazine rings is 1. The van der Waals surface area contributed by atoms with Crippen molar-refractivity contribution >= 4 is 5.91 Å². The predicted molar refractivity (Wildman–Crippen MR) is 90.9 cm³/mol. The summed E-state index contributed by atoms with van der Waals surface area (Å²) in [6, 6.07) is 7.86. The molecule has 6 heteroatoms. The van der Waals surface area contributed by atoms with Gasteiger partial charge in [0.15, 0.2) is 11.7 Å². The summed E-state index contributed by atoms with van der Waals surface area (Å²) in [5.41, 5.74) is 0.941. The van der Waals surface area contributed by atoms with Crippen molar-refractivity contribution < 1.29 is 13.9 Å². The molecule has 0 saturated carbocycles. The molecule has 1 aromatic heterocycles. The van der Waals surface area contributed by atoms with Gasteiger partial charge in [-0.15, -0.1) is 0 Å². The van der Waals surface area contributed by atoms with E-state index in [9.17, 15) is 4.79 Å². The van der Waals surface area contributed by atoms with Crippen molar-refractivity contribution in [3.63, 3.8) is 0 Å². The Morgan fingerprint density at radius 1 is 1.42 bits per heavy atom. The summed E-state index contributed by atoms with van der Waals surface area (Å²) >= 11 is 0. The van der Waals surface area contributed by atoms with Gasteiger partial charge in [-0.1, -0.05) is 0 Å². The first-order valence-electron chi connectivity index (χ1n) is 8.26. The lowest BCUT2D eigenvalue weighted by Crippen LogP contribution is -2.52. The average Bonchev–Trinajstić information content (AvgIpc) is 3.09. The third-order valence-corrected chi connectivity index (χ3v) is 4.30. The molecule has 0 radical (unpaired) electrons. The number of nitrogens with one attached hydrogen (secondary N) is 1. The topological polar surface area (TPSA) is 67.6 Å². The second-order valence-corrected chi connectivity index (χ2v) is 5.99. The molecule has 1 N–H and O–H groups in total. The first-order chi connectivity index (χ1) is 11.7. The number of hydrogen-bond acceptors (Lipinski definition) is 5. The number of benzene rings is 1. The van der Waals surface area contributed by atoms with Gasteiger partial charge in [-0.25, -0.2) is 4.98 Å². The van der Waals surface area contributed by atoms with Crippen LogP contribution in [0.1, 0.15) is 19.2 Å². The Labute approximate surface area is 141 Å². The number of carbonyl (C=O) groups excluding carboxylic acids is 1. The Kier molecular flexibility index (Phi) is 5.15. The number of nitrogens with zero attached hydrogens (tertiary/aromatic N) is 2. The van der Waals surface area contributed by atoms with Gasteiger partial charge in [0.05, 0.1) is 13.3 Å². The Morgan fingerprint density at radius 2 is 2.21 bits per heavy atom. The molecule has 1 amide bonds. The minimum atomic E-state index is 0.160. The number of hydrogen-bond donors (Lipinski definition) is 1. The highest BCUT2D eigenvalue weighted by Crippen LogP contribution is 2.23. The van der Waals surface area contributed by atoms with Crippen LogP contribution >= 0.6 is 0 Å². The van der Waals surface area contributed by atoms with Crippen molar-refractivity contribution in [2.24, 2.45) is 0 Å². The van der Waals surface area contributed by atoms with Crippen LogP contribution in [0.2, 0.25) is 0 Å². The molecule has 3 rings (SSSR count). The first-order valence-corrected chi connectivity index (χ1v) is 8.26. The summed E-state index contributed by atoms with van der Waals surface area (Å²) in [5.74, 6) is 2.26. The van der Waals surface area contributed by atoms with Crippen molar-refractivity contribution in [2.45, 2.75) is 25.8 Å². The van der Waals surface area contributed by atoms with Crippen LogP contribution in [0.15, 0.2) is 34.9 Å². The first kappa shape index (κ1) is 16.5. The molecular weight excluding hydrogens is 306 g/mol. The molecule has 0 aliphatic carbocycles. The molecule has 1 aliphatic heterocycles. The molecule has 6 nitrogen and oxygen atoms in total. The largest absolute Gasteiger partial charge is 0.497 e. The van der Waals surface area contributed by atoms with E-state index in [0.29, 0.717) is 24.5 Å². The summed E-state index contributed by atoms with van der Waals surface area (Å²) < 4.78 is 10.9. The van der Waals surface area contributed by atoms with Crippen molar-refractivity contribution in [1.82, 2.24) is 15.2 Å². The van der Waals surface area contributed by atoms with Gasteiger partial charge in [-0.05, 0) is 31.2 Å². The smallest absolute Gasteiger partial charge is 0.223 e. The average molecular weight is 329 g/mol. The Hall–Kier alpha value is -2.34. The number of ether oxygens (including phenoxy) is 1. The number of methoxy groups -OCH3 is 1. The normalized spacial score (nSPS) is 17.8. The maximum Gasteiger partial charge on any atom is 0.223 e. The molecule has 0 unspecified atom stereocenters. The van der Waals surface area contributed by atoms with Gasteiger partial charge in [0.2, 0.25) is 5.91 Å². The lowest BCUT2D eigenvalue weighted by molar-refractivity contribution is -0.134. The molecule has 2 heterocycles. The number of aromatic nitrogens is 1. The van der Waals surface area contributed by atoms with Crippen LogP contribution < -0.4 is 10.1 Å². The van der Waals surface area contributed by atoms with E-state index >= 15 is 0 Å². The van der Waals surface area contributed by atoms with Crippen LogP contribution in [0.3, 0.4) is 0 Å². The number of amides is 1. The Morgan fingerprint density at radius 3 is 2.92 bits per heavy atom. The van der Waals surface area contributed by atoms with Crippen LogP contribution in [0.25, 0.3) is 11.3 Å². The molecule has 2 aromatic rings. The van der Waals surface area contributed by atoms with E-state index in [-0.39, 0.29) is 11.9 Å². The zero-order chi connectivity index (χ0) is 16.9. The van der Waals surface area contributed by atoms with Crippen LogP contribution in [0, 0.1) is 0 Å². The van der Waals surface area contributed by atoms with Crippen molar-refractivity contribution in [3.8, 4) is 17.1 Å². The summed E-state index contributed by atoms with van der Waals surface area (Å²) in [6.45, 7) is 4.54. The van der Waals surface area contributed by atoms with Gasteiger partial charge in [0.25, 0.3) is 0 Å². The SMILES string of the molecule is COc1ccc(-c2cnc(CCC(=O)N3CCNC[C@@H]3C)o2)cc1. The lowest BCUT2D eigenvalue weighted by Gasteiger charge is -2.34. The Balaban J connectivity index is 1.58. The van der Waals surface area contributed by atoms with E-state index in [1.54, 1.807) is 13.3 Å². The fraction of sp³-hybridized carbons (Fsp3) is 0.444. The maximum atomic E-state index is 12.3. The minimum absolute atomic E-state index is 0.160. The van der Waals surface area contributed by atoms with Crippen molar-refractivity contribution in [2.75, 3.05) is 26.7 Å². The predicted octanol–water partition coefficient (Wildman–Crippen LogP) is 2.10. The molecule has 1 atom stereocenters. The van der Waals surface area contributed by atoms with Crippen LogP contribution in [0.4, 0.5) is 0 Å². The number of oxazole rings is 1. The minimum Gasteiger partial charge on any atom is -0.497 e. The Bertz CT molecular complexity index is 681. The van der Waals surface area contributed by atoms with E-state index in [0.717, 1.165) is 30.9 Å². The van der Waals surface area contributed by atoms with E-state index in [2.05, 4.69) is 17.2 Å². The van der Waals surface area contributed by atoms with Gasteiger partial charge < -0.3 is 19.4 Å². The summed E-state index contributed by atoms with van der Waals surface area (Å²) in [7, 11) is 1.64. The standard InChI is InChI=1S/C18H23N3O3/c1-13-11-19-9-10-21(13)18(22)8-7-17-20-12-16(24-17)14-3-5-15(23-2)6-4-14/h3-6,12-13,19H,7-11H2,1-2H3/t13-/m0/s1. The molecule has 1 aromatic carbocycles. The molecule has 1 aliphatic rings. The van der Waals surface area contributed by atoms with Gasteiger partial charge in [-0.2, -0.15) is 0 Å². The van der Waals surface area contributed by atoms with Crippen molar-refractivity contribution in [3.05, 3.63) is 36.4 Å². The molecule has 0 bridgehead atoms. The third kappa shape index (κ3) is 3.76. The third-order valence-electron chi connectivity index (χ3n) is 4.30. The van der Waals surface area contributed by atoms with Gasteiger partial charge >= 0.3 is 0 Å². The zero-order valence-electron chi connectivity index (χ0n) is 14.1. The van der Waals surface area contributed by atoms with Crippen LogP contribution in [-0.4, -0.2) is 48.6 Å². The van der Waals surface area contributed by atoms with Crippen LogP contribution in [-0.2, 0) is 11.2 Å². The molecule has 1 saturated heterocycles. The molecule has 24 heavy (non-hydrogen) atoms. The number of aryl methyl sites for hydroxylation is 1. The molecule has 128 valence electrons. The lowest BCUT2D eigenvalue weighted by atomic mass is 10.2. The van der Waals surface area contributed by atoms with Crippen molar-refractivity contribution in [1.29, 1.82) is 0 Å². The van der Waals surface area contributed by atoms with E-state index < -0.39 is 0 Å². The maximum absolute atomic E-state index is 12.3. The van der Waals surface area contributed by atoms with Gasteiger partial charge in [0.1, 0.15) is 5.75 Å². The highest BCUT2D eigenvalue weighted by atomic mass is 16.5. The van der Waals surface area contributed by atoms with Gasteiger partial charge in [-0.3, -0.25) is 4.79 Å². The second kappa shape index (κ2) is 7.49. The summed E-state index contributed by atoms with van der Waals surface area (Å²) in [4.78, 5) is 18.6. The fourth-order valence-corrected chi connectivity index (χ4v) is 2.88. The van der Waals surface area contributed by atoms with E-state index in [4.69, 9.17) is 9.15 Å². The zero-order valence-corrected chi connectivity index (χ0v) is 14.1. The summed E-state index contributed by atoms with van der Waals surface area (Å²) in [6.07, 6.45) is 2.65. The highest BCUT2D eigenvalue weighted by molar-refractivity contribution is 5.76. The number of carbonyl (C=O) groups is 1. The van der Waals surface area contributed by atoms with E-state index in [1.807, 2.05) is 29.2 Å².